The Labute approximate surface area is 153 Å². The van der Waals surface area contributed by atoms with Crippen LogP contribution in [0.1, 0.15) is 40.7 Å². The highest BCUT2D eigenvalue weighted by molar-refractivity contribution is 7.89. The van der Waals surface area contributed by atoms with Crippen molar-refractivity contribution in [2.24, 2.45) is 0 Å². The van der Waals surface area contributed by atoms with E-state index in [1.54, 1.807) is 7.05 Å². The molecule has 2 rings (SSSR count). The van der Waals surface area contributed by atoms with Gasteiger partial charge in [-0.3, -0.25) is 10.1 Å². The quantitative estimate of drug-likeness (QED) is 0.797. The third-order valence-electron chi connectivity index (χ3n) is 3.90. The fourth-order valence-electron chi connectivity index (χ4n) is 2.15. The van der Waals surface area contributed by atoms with Crippen LogP contribution in [0.4, 0.5) is 5.13 Å². The summed E-state index contributed by atoms with van der Waals surface area (Å²) in [6, 6.07) is 5.96. The van der Waals surface area contributed by atoms with E-state index < -0.39 is 10.0 Å². The lowest BCUT2D eigenvalue weighted by Crippen LogP contribution is -2.28. The summed E-state index contributed by atoms with van der Waals surface area (Å²) in [7, 11) is -1.96. The Morgan fingerprint density at radius 2 is 1.88 bits per heavy atom. The van der Waals surface area contributed by atoms with Gasteiger partial charge in [0.25, 0.3) is 5.91 Å². The Kier molecular flexibility index (Phi) is 6.31. The van der Waals surface area contributed by atoms with Gasteiger partial charge >= 0.3 is 0 Å². The first-order chi connectivity index (χ1) is 11.8. The first-order valence-corrected chi connectivity index (χ1v) is 10.3. The highest BCUT2D eigenvalue weighted by Gasteiger charge is 2.20. The highest BCUT2D eigenvalue weighted by Crippen LogP contribution is 2.22. The molecule has 0 spiro atoms. The molecule has 0 atom stereocenters. The number of rotatable bonds is 7. The van der Waals surface area contributed by atoms with E-state index in [9.17, 15) is 13.2 Å². The second-order valence-electron chi connectivity index (χ2n) is 5.82. The number of sulfonamides is 1. The molecule has 0 unspecified atom stereocenters. The maximum Gasteiger partial charge on any atom is 0.257 e. The molecule has 6 nitrogen and oxygen atoms in total. The van der Waals surface area contributed by atoms with E-state index in [0.717, 1.165) is 23.4 Å². The van der Waals surface area contributed by atoms with E-state index in [1.165, 1.54) is 39.9 Å². The molecular weight excluding hydrogens is 358 g/mol. The molecule has 1 heterocycles. The van der Waals surface area contributed by atoms with Crippen molar-refractivity contribution in [1.82, 2.24) is 9.29 Å². The van der Waals surface area contributed by atoms with Gasteiger partial charge in [-0.05, 0) is 44.5 Å². The SMILES string of the molecule is CCCCN(C)S(=O)(=O)c1ccc(C(=O)Nc2nc(C)c(C)s2)cc1. The number of benzene rings is 1. The minimum atomic E-state index is -3.52. The van der Waals surface area contributed by atoms with Crippen LogP contribution in [0.3, 0.4) is 0 Å². The van der Waals surface area contributed by atoms with Gasteiger partial charge in [0.15, 0.2) is 5.13 Å². The van der Waals surface area contributed by atoms with Gasteiger partial charge in [-0.25, -0.2) is 17.7 Å². The van der Waals surface area contributed by atoms with Crippen molar-refractivity contribution in [3.8, 4) is 0 Å². The molecule has 0 saturated heterocycles. The largest absolute Gasteiger partial charge is 0.298 e. The molecule has 8 heteroatoms. The maximum absolute atomic E-state index is 12.5. The summed E-state index contributed by atoms with van der Waals surface area (Å²) in [4.78, 5) is 17.8. The zero-order chi connectivity index (χ0) is 18.6. The van der Waals surface area contributed by atoms with Crippen molar-refractivity contribution in [3.63, 3.8) is 0 Å². The molecule has 136 valence electrons. The van der Waals surface area contributed by atoms with Gasteiger partial charge in [0, 0.05) is 24.0 Å². The van der Waals surface area contributed by atoms with Crippen LogP contribution in [0.15, 0.2) is 29.2 Å². The number of unbranched alkanes of at least 4 members (excludes halogenated alkanes) is 1. The normalized spacial score (nSPS) is 11.7. The van der Waals surface area contributed by atoms with Crippen molar-refractivity contribution in [1.29, 1.82) is 0 Å². The average Bonchev–Trinajstić information content (AvgIpc) is 2.90. The van der Waals surface area contributed by atoms with Crippen LogP contribution in [-0.2, 0) is 10.0 Å². The van der Waals surface area contributed by atoms with Crippen molar-refractivity contribution in [3.05, 3.63) is 40.4 Å². The first kappa shape index (κ1) is 19.6. The number of hydrogen-bond acceptors (Lipinski definition) is 5. The number of carbonyl (C=O) groups excluding carboxylic acids is 1. The molecule has 0 fully saturated rings. The number of anilines is 1. The third-order valence-corrected chi connectivity index (χ3v) is 6.76. The van der Waals surface area contributed by atoms with Crippen LogP contribution in [0.5, 0.6) is 0 Å². The van der Waals surface area contributed by atoms with E-state index in [1.807, 2.05) is 20.8 Å². The molecule has 1 aromatic carbocycles. The van der Waals surface area contributed by atoms with Crippen LogP contribution in [0.2, 0.25) is 0 Å². The van der Waals surface area contributed by atoms with E-state index in [-0.39, 0.29) is 10.8 Å². The summed E-state index contributed by atoms with van der Waals surface area (Å²) >= 11 is 1.41. The average molecular weight is 382 g/mol. The summed E-state index contributed by atoms with van der Waals surface area (Å²) in [5.41, 5.74) is 1.28. The zero-order valence-electron chi connectivity index (χ0n) is 14.9. The Hall–Kier alpha value is -1.77. The van der Waals surface area contributed by atoms with Gasteiger partial charge < -0.3 is 0 Å². The molecule has 0 radical (unpaired) electrons. The topological polar surface area (TPSA) is 79.4 Å². The lowest BCUT2D eigenvalue weighted by molar-refractivity contribution is 0.102. The molecule has 25 heavy (non-hydrogen) atoms. The molecule has 1 N–H and O–H groups in total. The van der Waals surface area contributed by atoms with Gasteiger partial charge in [0.2, 0.25) is 10.0 Å². The Morgan fingerprint density at radius 3 is 2.40 bits per heavy atom. The van der Waals surface area contributed by atoms with Crippen molar-refractivity contribution >= 4 is 32.4 Å². The Bertz CT molecular complexity index is 823. The monoisotopic (exact) mass is 381 g/mol. The summed E-state index contributed by atoms with van der Waals surface area (Å²) < 4.78 is 26.3. The predicted molar refractivity (Wildman–Crippen MR) is 101 cm³/mol. The maximum atomic E-state index is 12.5. The molecule has 0 bridgehead atoms. The van der Waals surface area contributed by atoms with Crippen LogP contribution in [-0.4, -0.2) is 37.2 Å². The van der Waals surface area contributed by atoms with Crippen LogP contribution >= 0.6 is 11.3 Å². The number of carbonyl (C=O) groups is 1. The fraction of sp³-hybridized carbons (Fsp3) is 0.412. The molecule has 1 amide bonds. The summed E-state index contributed by atoms with van der Waals surface area (Å²) in [6.45, 7) is 6.32. The lowest BCUT2D eigenvalue weighted by Gasteiger charge is -2.16. The number of nitrogens with zero attached hydrogens (tertiary/aromatic N) is 2. The Balaban J connectivity index is 2.12. The number of thiazole rings is 1. The van der Waals surface area contributed by atoms with Crippen LogP contribution < -0.4 is 5.32 Å². The number of aromatic nitrogens is 1. The third kappa shape index (κ3) is 4.65. The molecule has 0 aliphatic heterocycles. The Morgan fingerprint density at radius 1 is 1.24 bits per heavy atom. The number of hydrogen-bond donors (Lipinski definition) is 1. The highest BCUT2D eigenvalue weighted by atomic mass is 32.2. The fourth-order valence-corrected chi connectivity index (χ4v) is 4.17. The standard InChI is InChI=1S/C17H23N3O3S2/c1-5-6-11-20(4)25(22,23)15-9-7-14(8-10-15)16(21)19-17-18-12(2)13(3)24-17/h7-10H,5-6,11H2,1-4H3,(H,18,19,21). The number of aryl methyl sites for hydroxylation is 2. The molecule has 0 aliphatic carbocycles. The molecular formula is C17H23N3O3S2. The molecule has 0 aliphatic rings. The summed E-state index contributed by atoms with van der Waals surface area (Å²) in [5, 5.41) is 3.28. The van der Waals surface area contributed by atoms with Crippen LogP contribution in [0.25, 0.3) is 0 Å². The second-order valence-corrected chi connectivity index (χ2v) is 9.07. The molecule has 2 aromatic rings. The van der Waals surface area contributed by atoms with Gasteiger partial charge in [0.05, 0.1) is 10.6 Å². The van der Waals surface area contributed by atoms with Gasteiger partial charge in [-0.1, -0.05) is 13.3 Å². The van der Waals surface area contributed by atoms with E-state index in [0.29, 0.717) is 17.2 Å². The lowest BCUT2D eigenvalue weighted by atomic mass is 10.2. The second kappa shape index (κ2) is 8.07. The number of nitrogens with one attached hydrogen (secondary N) is 1. The van der Waals surface area contributed by atoms with Crippen LogP contribution in [0, 0.1) is 13.8 Å². The van der Waals surface area contributed by atoms with Crippen molar-refractivity contribution in [2.75, 3.05) is 18.9 Å². The smallest absolute Gasteiger partial charge is 0.257 e. The first-order valence-electron chi connectivity index (χ1n) is 8.07. The summed E-state index contributed by atoms with van der Waals surface area (Å²) in [6.07, 6.45) is 1.73. The molecule has 0 saturated carbocycles. The number of amides is 1. The van der Waals surface area contributed by atoms with Gasteiger partial charge in [-0.2, -0.15) is 0 Å². The molecule has 1 aromatic heterocycles. The van der Waals surface area contributed by atoms with E-state index in [4.69, 9.17) is 0 Å². The van der Waals surface area contributed by atoms with Crippen molar-refractivity contribution in [2.45, 2.75) is 38.5 Å². The van der Waals surface area contributed by atoms with Gasteiger partial charge in [-0.15, -0.1) is 11.3 Å². The minimum Gasteiger partial charge on any atom is -0.298 e. The van der Waals surface area contributed by atoms with Crippen molar-refractivity contribution < 1.29 is 13.2 Å². The van der Waals surface area contributed by atoms with E-state index >= 15 is 0 Å². The minimum absolute atomic E-state index is 0.184. The van der Waals surface area contributed by atoms with E-state index in [2.05, 4.69) is 10.3 Å². The zero-order valence-corrected chi connectivity index (χ0v) is 16.5. The van der Waals surface area contributed by atoms with Gasteiger partial charge in [0.1, 0.15) is 0 Å². The predicted octanol–water partition coefficient (Wildman–Crippen LogP) is 3.43. The summed E-state index contributed by atoms with van der Waals surface area (Å²) in [5.74, 6) is -0.308.